The molecule has 0 bridgehead atoms. The second-order valence-electron chi connectivity index (χ2n) is 4.25. The van der Waals surface area contributed by atoms with Crippen LogP contribution in [0, 0.1) is 17.2 Å². The average molecular weight is 257 g/mol. The van der Waals surface area contributed by atoms with Gasteiger partial charge in [-0.05, 0) is 18.6 Å². The Hall–Kier alpha value is -2.28. The maximum atomic E-state index is 11.8. The molecule has 98 valence electrons. The highest BCUT2D eigenvalue weighted by molar-refractivity contribution is 5.75. The maximum absolute atomic E-state index is 11.8. The van der Waals surface area contributed by atoms with Crippen LogP contribution >= 0.6 is 0 Å². The van der Waals surface area contributed by atoms with Crippen molar-refractivity contribution in [3.05, 3.63) is 47.7 Å². The number of nitriles is 1. The molecule has 0 radical (unpaired) electrons. The predicted molar refractivity (Wildman–Crippen MR) is 68.7 cm³/mol. The standard InChI is InChI=1S/C15H15NO3/c1-2-18-15(17)12-8-13(10-16)19-14(9-12)11-6-4-3-5-7-11/h3-8,12,14H,2,9H2,1H3/t12-,14+/m0/s1. The topological polar surface area (TPSA) is 59.3 Å². The second kappa shape index (κ2) is 6.05. The zero-order valence-electron chi connectivity index (χ0n) is 10.7. The van der Waals surface area contributed by atoms with E-state index in [-0.39, 0.29) is 17.8 Å². The lowest BCUT2D eigenvalue weighted by molar-refractivity contribution is -0.148. The third-order valence-electron chi connectivity index (χ3n) is 2.96. The molecule has 0 aliphatic carbocycles. The average Bonchev–Trinajstić information content (AvgIpc) is 2.48. The number of nitrogens with zero attached hydrogens (tertiary/aromatic N) is 1. The number of carbonyl (C=O) groups is 1. The van der Waals surface area contributed by atoms with Gasteiger partial charge in [-0.2, -0.15) is 5.26 Å². The van der Waals surface area contributed by atoms with Crippen LogP contribution in [0.15, 0.2) is 42.2 Å². The van der Waals surface area contributed by atoms with E-state index in [9.17, 15) is 4.79 Å². The van der Waals surface area contributed by atoms with Crippen molar-refractivity contribution in [3.8, 4) is 6.07 Å². The lowest BCUT2D eigenvalue weighted by Crippen LogP contribution is -2.23. The molecule has 0 spiro atoms. The number of hydrogen-bond acceptors (Lipinski definition) is 4. The Bertz CT molecular complexity index is 516. The predicted octanol–water partition coefficient (Wildman–Crippen LogP) is 2.73. The van der Waals surface area contributed by atoms with Crippen LogP contribution in [-0.2, 0) is 14.3 Å². The molecule has 0 saturated carbocycles. The molecule has 1 heterocycles. The smallest absolute Gasteiger partial charge is 0.313 e. The largest absolute Gasteiger partial charge is 0.476 e. The summed E-state index contributed by atoms with van der Waals surface area (Å²) in [5, 5.41) is 8.99. The van der Waals surface area contributed by atoms with Crippen LogP contribution in [0.5, 0.6) is 0 Å². The van der Waals surface area contributed by atoms with E-state index in [2.05, 4.69) is 0 Å². The summed E-state index contributed by atoms with van der Waals surface area (Å²) in [6.45, 7) is 2.10. The minimum absolute atomic E-state index is 0.179. The van der Waals surface area contributed by atoms with E-state index in [1.807, 2.05) is 36.4 Å². The SMILES string of the molecule is CCOC(=O)[C@H]1C=C(C#N)O[C@@H](c2ccccc2)C1. The summed E-state index contributed by atoms with van der Waals surface area (Å²) in [5.74, 6) is -0.550. The van der Waals surface area contributed by atoms with Crippen LogP contribution < -0.4 is 0 Å². The molecule has 1 aliphatic heterocycles. The number of benzene rings is 1. The van der Waals surface area contributed by atoms with E-state index in [1.54, 1.807) is 6.92 Å². The van der Waals surface area contributed by atoms with Gasteiger partial charge >= 0.3 is 5.97 Å². The maximum Gasteiger partial charge on any atom is 0.313 e. The molecule has 1 aromatic rings. The highest BCUT2D eigenvalue weighted by Gasteiger charge is 2.30. The minimum atomic E-state index is -0.423. The Balaban J connectivity index is 2.20. The quantitative estimate of drug-likeness (QED) is 0.781. The van der Waals surface area contributed by atoms with Gasteiger partial charge in [0.2, 0.25) is 0 Å². The summed E-state index contributed by atoms with van der Waals surface area (Å²) in [5.41, 5.74) is 0.956. The van der Waals surface area contributed by atoms with Crippen molar-refractivity contribution < 1.29 is 14.3 Å². The molecule has 4 heteroatoms. The van der Waals surface area contributed by atoms with E-state index >= 15 is 0 Å². The molecule has 19 heavy (non-hydrogen) atoms. The highest BCUT2D eigenvalue weighted by atomic mass is 16.5. The molecular formula is C15H15NO3. The first-order chi connectivity index (χ1) is 9.24. The van der Waals surface area contributed by atoms with E-state index in [0.717, 1.165) is 5.56 Å². The number of allylic oxidation sites excluding steroid dienone is 1. The lowest BCUT2D eigenvalue weighted by atomic mass is 9.94. The number of hydrogen-bond donors (Lipinski definition) is 0. The molecule has 0 saturated heterocycles. The molecule has 0 aromatic heterocycles. The van der Waals surface area contributed by atoms with E-state index in [1.165, 1.54) is 6.08 Å². The highest BCUT2D eigenvalue weighted by Crippen LogP contribution is 2.33. The summed E-state index contributed by atoms with van der Waals surface area (Å²) in [4.78, 5) is 11.8. The normalized spacial score (nSPS) is 21.8. The van der Waals surface area contributed by atoms with Crippen LogP contribution in [0.25, 0.3) is 0 Å². The van der Waals surface area contributed by atoms with Crippen molar-refractivity contribution in [3.63, 3.8) is 0 Å². The Kier molecular flexibility index (Phi) is 4.19. The van der Waals surface area contributed by atoms with Gasteiger partial charge in [0.05, 0.1) is 12.5 Å². The minimum Gasteiger partial charge on any atom is -0.476 e. The molecule has 2 rings (SSSR count). The summed E-state index contributed by atoms with van der Waals surface area (Å²) in [7, 11) is 0. The molecule has 0 N–H and O–H groups in total. The molecule has 0 unspecified atom stereocenters. The van der Waals surface area contributed by atoms with Gasteiger partial charge in [-0.15, -0.1) is 0 Å². The van der Waals surface area contributed by atoms with Crippen molar-refractivity contribution in [1.29, 1.82) is 5.26 Å². The van der Waals surface area contributed by atoms with Gasteiger partial charge in [-0.25, -0.2) is 0 Å². The first-order valence-corrected chi connectivity index (χ1v) is 6.24. The Morgan fingerprint density at radius 3 is 2.84 bits per heavy atom. The first kappa shape index (κ1) is 13.2. The third-order valence-corrected chi connectivity index (χ3v) is 2.96. The number of ether oxygens (including phenoxy) is 2. The van der Waals surface area contributed by atoms with Gasteiger partial charge in [0, 0.05) is 6.42 Å². The van der Waals surface area contributed by atoms with Gasteiger partial charge in [-0.3, -0.25) is 4.79 Å². The fourth-order valence-electron chi connectivity index (χ4n) is 2.07. The van der Waals surface area contributed by atoms with Crippen LogP contribution in [-0.4, -0.2) is 12.6 Å². The van der Waals surface area contributed by atoms with Crippen molar-refractivity contribution in [1.82, 2.24) is 0 Å². The fraction of sp³-hybridized carbons (Fsp3) is 0.333. The third kappa shape index (κ3) is 3.14. The molecule has 4 nitrogen and oxygen atoms in total. The number of carbonyl (C=O) groups excluding carboxylic acids is 1. The van der Waals surface area contributed by atoms with Crippen molar-refractivity contribution in [2.24, 2.45) is 5.92 Å². The van der Waals surface area contributed by atoms with Gasteiger partial charge in [0.25, 0.3) is 0 Å². The van der Waals surface area contributed by atoms with E-state index in [0.29, 0.717) is 13.0 Å². The molecule has 1 aliphatic rings. The van der Waals surface area contributed by atoms with Crippen LogP contribution in [0.4, 0.5) is 0 Å². The van der Waals surface area contributed by atoms with Crippen LogP contribution in [0.3, 0.4) is 0 Å². The van der Waals surface area contributed by atoms with E-state index in [4.69, 9.17) is 14.7 Å². The Morgan fingerprint density at radius 2 is 2.21 bits per heavy atom. The Labute approximate surface area is 112 Å². The van der Waals surface area contributed by atoms with Gasteiger partial charge < -0.3 is 9.47 Å². The monoisotopic (exact) mass is 257 g/mol. The van der Waals surface area contributed by atoms with E-state index < -0.39 is 5.92 Å². The fourth-order valence-corrected chi connectivity index (χ4v) is 2.07. The lowest BCUT2D eigenvalue weighted by Gasteiger charge is -2.26. The summed E-state index contributed by atoms with van der Waals surface area (Å²) in [6.07, 6.45) is 1.75. The molecule has 2 atom stereocenters. The van der Waals surface area contributed by atoms with Crippen LogP contribution in [0.2, 0.25) is 0 Å². The molecule has 0 amide bonds. The summed E-state index contributed by atoms with van der Waals surface area (Å²) in [6, 6.07) is 11.5. The molecule has 1 aromatic carbocycles. The summed E-state index contributed by atoms with van der Waals surface area (Å²) < 4.78 is 10.6. The number of rotatable bonds is 3. The van der Waals surface area contributed by atoms with Gasteiger partial charge in [0.15, 0.2) is 5.76 Å². The van der Waals surface area contributed by atoms with Gasteiger partial charge in [-0.1, -0.05) is 30.3 Å². The first-order valence-electron chi connectivity index (χ1n) is 6.24. The van der Waals surface area contributed by atoms with Gasteiger partial charge in [0.1, 0.15) is 12.2 Å². The number of esters is 1. The zero-order chi connectivity index (χ0) is 13.7. The molecular weight excluding hydrogens is 242 g/mol. The van der Waals surface area contributed by atoms with Crippen molar-refractivity contribution >= 4 is 5.97 Å². The zero-order valence-corrected chi connectivity index (χ0v) is 10.7. The van der Waals surface area contributed by atoms with Crippen molar-refractivity contribution in [2.75, 3.05) is 6.61 Å². The second-order valence-corrected chi connectivity index (χ2v) is 4.25. The Morgan fingerprint density at radius 1 is 1.47 bits per heavy atom. The summed E-state index contributed by atoms with van der Waals surface area (Å²) >= 11 is 0. The van der Waals surface area contributed by atoms with Crippen molar-refractivity contribution in [2.45, 2.75) is 19.4 Å². The van der Waals surface area contributed by atoms with Crippen LogP contribution in [0.1, 0.15) is 25.0 Å². The molecule has 0 fully saturated rings.